The first kappa shape index (κ1) is 15.5. The Morgan fingerprint density at radius 3 is 2.71 bits per heavy atom. The Balaban J connectivity index is 1.69. The van der Waals surface area contributed by atoms with Crippen molar-refractivity contribution in [3.63, 3.8) is 0 Å². The number of rotatable bonds is 4. The molecule has 0 radical (unpaired) electrons. The summed E-state index contributed by atoms with van der Waals surface area (Å²) in [5.74, 6) is -0.593. The molecule has 0 aliphatic carbocycles. The van der Waals surface area contributed by atoms with Gasteiger partial charge in [0.2, 0.25) is 11.3 Å². The van der Waals surface area contributed by atoms with Gasteiger partial charge >= 0.3 is 0 Å². The Kier molecular flexibility index (Phi) is 4.15. The third-order valence-corrected chi connectivity index (χ3v) is 3.70. The van der Waals surface area contributed by atoms with Gasteiger partial charge in [-0.15, -0.1) is 0 Å². The number of hydrogen-bond acceptors (Lipinski definition) is 4. The number of H-pyrrole nitrogens is 1. The number of nitrogens with zero attached hydrogens (tertiary/aromatic N) is 2. The molecule has 7 nitrogen and oxygen atoms in total. The van der Waals surface area contributed by atoms with Crippen molar-refractivity contribution in [3.05, 3.63) is 65.0 Å². The van der Waals surface area contributed by atoms with E-state index in [1.54, 1.807) is 31.6 Å². The van der Waals surface area contributed by atoms with E-state index >= 15 is 0 Å². The molecule has 0 bridgehead atoms. The molecule has 0 saturated heterocycles. The number of nitrogens with one attached hydrogen (secondary N) is 2. The first-order valence-corrected chi connectivity index (χ1v) is 7.32. The first-order chi connectivity index (χ1) is 11.5. The average molecular weight is 324 g/mol. The molecule has 7 heteroatoms. The van der Waals surface area contributed by atoms with Crippen molar-refractivity contribution in [3.8, 4) is 17.0 Å². The van der Waals surface area contributed by atoms with Crippen molar-refractivity contribution in [2.24, 2.45) is 0 Å². The summed E-state index contributed by atoms with van der Waals surface area (Å²) < 4.78 is 1.52. The highest BCUT2D eigenvalue weighted by Crippen LogP contribution is 2.18. The molecule has 0 aliphatic rings. The number of pyridine rings is 1. The molecule has 2 aromatic heterocycles. The van der Waals surface area contributed by atoms with Gasteiger partial charge in [-0.2, -0.15) is 0 Å². The van der Waals surface area contributed by atoms with Gasteiger partial charge in [-0.05, 0) is 24.6 Å². The van der Waals surface area contributed by atoms with Crippen LogP contribution in [0.25, 0.3) is 11.3 Å². The number of aromatic amines is 1. The Morgan fingerprint density at radius 1 is 1.29 bits per heavy atom. The van der Waals surface area contributed by atoms with Gasteiger partial charge in [0.1, 0.15) is 6.54 Å². The van der Waals surface area contributed by atoms with Crippen LogP contribution in [0, 0.1) is 6.92 Å². The fourth-order valence-corrected chi connectivity index (χ4v) is 2.34. The molecule has 24 heavy (non-hydrogen) atoms. The van der Waals surface area contributed by atoms with Gasteiger partial charge in [-0.25, -0.2) is 4.98 Å². The molecule has 0 unspecified atom stereocenters. The molecule has 0 atom stereocenters. The smallest absolute Gasteiger partial charge is 0.244 e. The minimum atomic E-state index is -0.460. The molecular formula is C17H16N4O3. The fourth-order valence-electron chi connectivity index (χ4n) is 2.34. The third-order valence-electron chi connectivity index (χ3n) is 3.70. The van der Waals surface area contributed by atoms with E-state index in [0.29, 0.717) is 11.4 Å². The quantitative estimate of drug-likeness (QED) is 0.682. The van der Waals surface area contributed by atoms with Crippen molar-refractivity contribution >= 4 is 11.6 Å². The number of carbonyl (C=O) groups is 1. The topological polar surface area (TPSA) is 100 Å². The molecule has 2 heterocycles. The number of benzene rings is 1. The predicted octanol–water partition coefficient (Wildman–Crippen LogP) is 1.89. The van der Waals surface area contributed by atoms with Crippen molar-refractivity contribution in [2.45, 2.75) is 13.5 Å². The van der Waals surface area contributed by atoms with E-state index in [-0.39, 0.29) is 18.2 Å². The van der Waals surface area contributed by atoms with Crippen LogP contribution in [0.15, 0.2) is 53.8 Å². The standard InChI is InChI=1S/C17H16N4O3/c1-11-17(24)15(22)6-7-21(11)9-16(23)20-13-4-2-12(3-5-13)14-8-18-10-19-14/h2-8,10,24H,9H2,1H3,(H,18,19)(H,20,23). The van der Waals surface area contributed by atoms with Crippen LogP contribution in [0.3, 0.4) is 0 Å². The highest BCUT2D eigenvalue weighted by Gasteiger charge is 2.09. The second-order valence-electron chi connectivity index (χ2n) is 5.33. The monoisotopic (exact) mass is 324 g/mol. The largest absolute Gasteiger partial charge is 0.503 e. The van der Waals surface area contributed by atoms with Gasteiger partial charge in [0.05, 0.1) is 23.9 Å². The summed E-state index contributed by atoms with van der Waals surface area (Å²) in [4.78, 5) is 30.4. The molecular weight excluding hydrogens is 308 g/mol. The number of anilines is 1. The van der Waals surface area contributed by atoms with E-state index in [1.807, 2.05) is 12.1 Å². The lowest BCUT2D eigenvalue weighted by Crippen LogP contribution is -2.21. The maximum Gasteiger partial charge on any atom is 0.244 e. The predicted molar refractivity (Wildman–Crippen MR) is 89.8 cm³/mol. The third kappa shape index (κ3) is 3.19. The van der Waals surface area contributed by atoms with Crippen LogP contribution in [0.2, 0.25) is 0 Å². The van der Waals surface area contributed by atoms with Crippen molar-refractivity contribution in [1.82, 2.24) is 14.5 Å². The highest BCUT2D eigenvalue weighted by molar-refractivity contribution is 5.90. The summed E-state index contributed by atoms with van der Waals surface area (Å²) in [5.41, 5.74) is 2.41. The van der Waals surface area contributed by atoms with Crippen LogP contribution in [-0.4, -0.2) is 25.5 Å². The van der Waals surface area contributed by atoms with E-state index < -0.39 is 5.43 Å². The van der Waals surface area contributed by atoms with E-state index in [1.165, 1.54) is 16.8 Å². The molecule has 122 valence electrons. The Bertz CT molecular complexity index is 912. The van der Waals surface area contributed by atoms with Crippen molar-refractivity contribution in [1.29, 1.82) is 0 Å². The van der Waals surface area contributed by atoms with Crippen LogP contribution >= 0.6 is 0 Å². The molecule has 0 aliphatic heterocycles. The van der Waals surface area contributed by atoms with Gasteiger partial charge in [0.15, 0.2) is 5.75 Å². The van der Waals surface area contributed by atoms with Crippen LogP contribution in [0.1, 0.15) is 5.69 Å². The minimum Gasteiger partial charge on any atom is -0.503 e. The van der Waals surface area contributed by atoms with E-state index in [9.17, 15) is 14.7 Å². The summed E-state index contributed by atoms with van der Waals surface area (Å²) in [5, 5.41) is 12.4. The lowest BCUT2D eigenvalue weighted by molar-refractivity contribution is -0.116. The number of amides is 1. The van der Waals surface area contributed by atoms with Gasteiger partial charge in [0.25, 0.3) is 0 Å². The summed E-state index contributed by atoms with van der Waals surface area (Å²) in [7, 11) is 0. The summed E-state index contributed by atoms with van der Waals surface area (Å²) >= 11 is 0. The molecule has 3 rings (SSSR count). The van der Waals surface area contributed by atoms with E-state index in [2.05, 4.69) is 15.3 Å². The number of aromatic hydroxyl groups is 1. The molecule has 0 saturated carbocycles. The zero-order valence-electron chi connectivity index (χ0n) is 13.0. The molecule has 3 aromatic rings. The van der Waals surface area contributed by atoms with Gasteiger partial charge < -0.3 is 20.0 Å². The number of carbonyl (C=O) groups excluding carboxylic acids is 1. The molecule has 0 spiro atoms. The number of imidazole rings is 1. The molecule has 0 fully saturated rings. The van der Waals surface area contributed by atoms with Gasteiger partial charge in [-0.3, -0.25) is 9.59 Å². The van der Waals surface area contributed by atoms with E-state index in [0.717, 1.165) is 11.3 Å². The first-order valence-electron chi connectivity index (χ1n) is 7.32. The normalized spacial score (nSPS) is 10.5. The Labute approximate surface area is 137 Å². The summed E-state index contributed by atoms with van der Waals surface area (Å²) in [6.07, 6.45) is 4.81. The number of aromatic nitrogens is 3. The Hall–Kier alpha value is -3.35. The Morgan fingerprint density at radius 2 is 2.04 bits per heavy atom. The fraction of sp³-hybridized carbons (Fsp3) is 0.118. The SMILES string of the molecule is Cc1c(O)c(=O)ccn1CC(=O)Nc1ccc(-c2cnc[nH]2)cc1. The lowest BCUT2D eigenvalue weighted by Gasteiger charge is -2.12. The summed E-state index contributed by atoms with van der Waals surface area (Å²) in [6, 6.07) is 8.57. The van der Waals surface area contributed by atoms with Gasteiger partial charge in [0, 0.05) is 18.0 Å². The van der Waals surface area contributed by atoms with Crippen LogP contribution in [-0.2, 0) is 11.3 Å². The zero-order valence-corrected chi connectivity index (χ0v) is 13.0. The zero-order chi connectivity index (χ0) is 17.1. The van der Waals surface area contributed by atoms with Crippen molar-refractivity contribution < 1.29 is 9.90 Å². The average Bonchev–Trinajstić information content (AvgIpc) is 3.11. The lowest BCUT2D eigenvalue weighted by atomic mass is 10.1. The number of hydrogen-bond donors (Lipinski definition) is 3. The second kappa shape index (κ2) is 6.41. The maximum atomic E-state index is 12.1. The molecule has 1 amide bonds. The van der Waals surface area contributed by atoms with Crippen LogP contribution < -0.4 is 10.7 Å². The van der Waals surface area contributed by atoms with Gasteiger partial charge in [-0.1, -0.05) is 12.1 Å². The molecule has 1 aromatic carbocycles. The van der Waals surface area contributed by atoms with Crippen LogP contribution in [0.5, 0.6) is 5.75 Å². The minimum absolute atomic E-state index is 0.00196. The highest BCUT2D eigenvalue weighted by atomic mass is 16.3. The molecule has 3 N–H and O–H groups in total. The maximum absolute atomic E-state index is 12.1. The van der Waals surface area contributed by atoms with Crippen LogP contribution in [0.4, 0.5) is 5.69 Å². The van der Waals surface area contributed by atoms with E-state index in [4.69, 9.17) is 0 Å². The summed E-state index contributed by atoms with van der Waals surface area (Å²) in [6.45, 7) is 1.59. The van der Waals surface area contributed by atoms with Crippen molar-refractivity contribution in [2.75, 3.05) is 5.32 Å². The second-order valence-corrected chi connectivity index (χ2v) is 5.33.